The zero-order chi connectivity index (χ0) is 15.2. The molecule has 0 aliphatic carbocycles. The highest BCUT2D eigenvalue weighted by molar-refractivity contribution is 6.17. The first-order valence-corrected chi connectivity index (χ1v) is 6.89. The minimum atomic E-state index is -0.209. The Bertz CT molecular complexity index is 626. The van der Waals surface area contributed by atoms with Crippen LogP contribution in [0.5, 0.6) is 11.5 Å². The molecule has 2 aromatic carbocycles. The molecule has 0 saturated carbocycles. The molecule has 0 atom stereocenters. The smallest absolute Gasteiger partial charge is 0.255 e. The Kier molecular flexibility index (Phi) is 5.06. The van der Waals surface area contributed by atoms with Gasteiger partial charge in [-0.25, -0.2) is 0 Å². The lowest BCUT2D eigenvalue weighted by Crippen LogP contribution is -2.12. The number of hydrogen-bond acceptors (Lipinski definition) is 3. The molecule has 0 unspecified atom stereocenters. The highest BCUT2D eigenvalue weighted by Crippen LogP contribution is 2.29. The molecule has 4 nitrogen and oxygen atoms in total. The van der Waals surface area contributed by atoms with E-state index in [-0.39, 0.29) is 5.91 Å². The molecular formula is C16H16ClNO3. The largest absolute Gasteiger partial charge is 0.497 e. The normalized spacial score (nSPS) is 10.0. The van der Waals surface area contributed by atoms with E-state index in [0.717, 1.165) is 5.56 Å². The number of nitrogens with one attached hydrogen (secondary N) is 1. The Morgan fingerprint density at radius 2 is 1.81 bits per heavy atom. The predicted octanol–water partition coefficient (Wildman–Crippen LogP) is 3.69. The summed E-state index contributed by atoms with van der Waals surface area (Å²) in [5, 5.41) is 2.81. The van der Waals surface area contributed by atoms with Gasteiger partial charge in [0.15, 0.2) is 0 Å². The Morgan fingerprint density at radius 1 is 1.10 bits per heavy atom. The van der Waals surface area contributed by atoms with Crippen LogP contribution in [0.3, 0.4) is 0 Å². The molecular weight excluding hydrogens is 290 g/mol. The summed E-state index contributed by atoms with van der Waals surface area (Å²) in [6.45, 7) is 0. The molecule has 0 heterocycles. The number of alkyl halides is 1. The molecule has 0 aliphatic rings. The van der Waals surface area contributed by atoms with Gasteiger partial charge in [-0.1, -0.05) is 12.1 Å². The number of benzene rings is 2. The number of methoxy groups -OCH3 is 2. The van der Waals surface area contributed by atoms with E-state index >= 15 is 0 Å². The van der Waals surface area contributed by atoms with Crippen molar-refractivity contribution in [1.82, 2.24) is 0 Å². The summed E-state index contributed by atoms with van der Waals surface area (Å²) < 4.78 is 10.4. The zero-order valence-electron chi connectivity index (χ0n) is 11.9. The molecule has 0 bridgehead atoms. The second-order valence-electron chi connectivity index (χ2n) is 4.35. The standard InChI is InChI=1S/C16H16ClNO3/c1-20-13-7-8-14(15(9-13)21-2)18-16(19)12-5-3-11(10-17)4-6-12/h3-9H,10H2,1-2H3,(H,18,19). The molecule has 2 aromatic rings. The molecule has 5 heteroatoms. The maximum atomic E-state index is 12.2. The number of anilines is 1. The first kappa shape index (κ1) is 15.2. The van der Waals surface area contributed by atoms with Crippen LogP contribution in [0.2, 0.25) is 0 Å². The molecule has 0 spiro atoms. The number of carbonyl (C=O) groups excluding carboxylic acids is 1. The average molecular weight is 306 g/mol. The van der Waals surface area contributed by atoms with E-state index in [0.29, 0.717) is 28.6 Å². The van der Waals surface area contributed by atoms with Crippen molar-refractivity contribution >= 4 is 23.2 Å². The topological polar surface area (TPSA) is 47.6 Å². The summed E-state index contributed by atoms with van der Waals surface area (Å²) in [6, 6.07) is 12.3. The fourth-order valence-corrected chi connectivity index (χ4v) is 2.02. The Morgan fingerprint density at radius 3 is 2.38 bits per heavy atom. The summed E-state index contributed by atoms with van der Waals surface area (Å²) >= 11 is 5.73. The number of amides is 1. The number of hydrogen-bond donors (Lipinski definition) is 1. The van der Waals surface area contributed by atoms with Gasteiger partial charge < -0.3 is 14.8 Å². The fourth-order valence-electron chi connectivity index (χ4n) is 1.84. The molecule has 1 amide bonds. The zero-order valence-corrected chi connectivity index (χ0v) is 12.6. The highest BCUT2D eigenvalue weighted by Gasteiger charge is 2.10. The van der Waals surface area contributed by atoms with Gasteiger partial charge in [-0.15, -0.1) is 11.6 Å². The first-order valence-electron chi connectivity index (χ1n) is 6.36. The summed E-state index contributed by atoms with van der Waals surface area (Å²) in [5.74, 6) is 1.42. The first-order chi connectivity index (χ1) is 10.2. The maximum Gasteiger partial charge on any atom is 0.255 e. The van der Waals surface area contributed by atoms with Crippen LogP contribution < -0.4 is 14.8 Å². The van der Waals surface area contributed by atoms with E-state index in [4.69, 9.17) is 21.1 Å². The molecule has 0 fully saturated rings. The third-order valence-electron chi connectivity index (χ3n) is 3.03. The SMILES string of the molecule is COc1ccc(NC(=O)c2ccc(CCl)cc2)c(OC)c1. The van der Waals surface area contributed by atoms with E-state index in [9.17, 15) is 4.79 Å². The van der Waals surface area contributed by atoms with Gasteiger partial charge in [0.05, 0.1) is 19.9 Å². The summed E-state index contributed by atoms with van der Waals surface area (Å²) in [4.78, 5) is 12.2. The van der Waals surface area contributed by atoms with Gasteiger partial charge in [-0.2, -0.15) is 0 Å². The fraction of sp³-hybridized carbons (Fsp3) is 0.188. The van der Waals surface area contributed by atoms with Crippen LogP contribution in [-0.2, 0) is 5.88 Å². The third-order valence-corrected chi connectivity index (χ3v) is 3.34. The second kappa shape index (κ2) is 6.99. The van der Waals surface area contributed by atoms with Crippen LogP contribution >= 0.6 is 11.6 Å². The van der Waals surface area contributed by atoms with Crippen LogP contribution in [0, 0.1) is 0 Å². The second-order valence-corrected chi connectivity index (χ2v) is 4.62. The third kappa shape index (κ3) is 3.67. The molecule has 0 aliphatic heterocycles. The number of carbonyl (C=O) groups is 1. The molecule has 1 N–H and O–H groups in total. The number of rotatable bonds is 5. The van der Waals surface area contributed by atoms with Crippen molar-refractivity contribution in [2.75, 3.05) is 19.5 Å². The number of halogens is 1. The summed E-state index contributed by atoms with van der Waals surface area (Å²) in [6.07, 6.45) is 0. The van der Waals surface area contributed by atoms with Crippen molar-refractivity contribution in [3.05, 3.63) is 53.6 Å². The minimum absolute atomic E-state index is 0.209. The van der Waals surface area contributed by atoms with Gasteiger partial charge >= 0.3 is 0 Å². The summed E-state index contributed by atoms with van der Waals surface area (Å²) in [5.41, 5.74) is 2.11. The summed E-state index contributed by atoms with van der Waals surface area (Å²) in [7, 11) is 3.12. The van der Waals surface area contributed by atoms with Gasteiger partial charge in [0, 0.05) is 17.5 Å². The molecule has 21 heavy (non-hydrogen) atoms. The van der Waals surface area contributed by atoms with Gasteiger partial charge in [-0.3, -0.25) is 4.79 Å². The van der Waals surface area contributed by atoms with Crippen molar-refractivity contribution in [2.45, 2.75) is 5.88 Å². The quantitative estimate of drug-likeness (QED) is 0.857. The molecule has 0 saturated heterocycles. The number of ether oxygens (including phenoxy) is 2. The van der Waals surface area contributed by atoms with Crippen LogP contribution in [0.4, 0.5) is 5.69 Å². The van der Waals surface area contributed by atoms with E-state index in [1.807, 2.05) is 12.1 Å². The average Bonchev–Trinajstić information content (AvgIpc) is 2.55. The van der Waals surface area contributed by atoms with E-state index in [2.05, 4.69) is 5.32 Å². The molecule has 110 valence electrons. The monoisotopic (exact) mass is 305 g/mol. The van der Waals surface area contributed by atoms with Crippen molar-refractivity contribution < 1.29 is 14.3 Å². The lowest BCUT2D eigenvalue weighted by Gasteiger charge is -2.11. The Hall–Kier alpha value is -2.20. The lowest BCUT2D eigenvalue weighted by atomic mass is 10.1. The molecule has 0 radical (unpaired) electrons. The lowest BCUT2D eigenvalue weighted by molar-refractivity contribution is 0.102. The predicted molar refractivity (Wildman–Crippen MR) is 83.5 cm³/mol. The van der Waals surface area contributed by atoms with Crippen LogP contribution in [0.15, 0.2) is 42.5 Å². The van der Waals surface area contributed by atoms with Gasteiger partial charge in [0.1, 0.15) is 11.5 Å². The molecule has 0 aromatic heterocycles. The van der Waals surface area contributed by atoms with Crippen molar-refractivity contribution in [2.24, 2.45) is 0 Å². The minimum Gasteiger partial charge on any atom is -0.497 e. The molecule has 2 rings (SSSR count). The van der Waals surface area contributed by atoms with Gasteiger partial charge in [-0.05, 0) is 29.8 Å². The van der Waals surface area contributed by atoms with Gasteiger partial charge in [0.25, 0.3) is 5.91 Å². The highest BCUT2D eigenvalue weighted by atomic mass is 35.5. The van der Waals surface area contributed by atoms with E-state index in [1.165, 1.54) is 0 Å². The van der Waals surface area contributed by atoms with Crippen LogP contribution in [-0.4, -0.2) is 20.1 Å². The van der Waals surface area contributed by atoms with Crippen molar-refractivity contribution in [3.8, 4) is 11.5 Å². The van der Waals surface area contributed by atoms with E-state index in [1.54, 1.807) is 44.6 Å². The van der Waals surface area contributed by atoms with E-state index < -0.39 is 0 Å². The Balaban J connectivity index is 2.18. The Labute approximate surface area is 128 Å². The van der Waals surface area contributed by atoms with Gasteiger partial charge in [0.2, 0.25) is 0 Å². The van der Waals surface area contributed by atoms with Crippen LogP contribution in [0.25, 0.3) is 0 Å². The van der Waals surface area contributed by atoms with Crippen molar-refractivity contribution in [1.29, 1.82) is 0 Å². The van der Waals surface area contributed by atoms with Crippen molar-refractivity contribution in [3.63, 3.8) is 0 Å². The maximum absolute atomic E-state index is 12.2. The van der Waals surface area contributed by atoms with Crippen LogP contribution in [0.1, 0.15) is 15.9 Å².